The number of rotatable bonds is 2. The van der Waals surface area contributed by atoms with E-state index in [1.54, 1.807) is 11.3 Å². The number of thiophene rings is 1. The second-order valence-corrected chi connectivity index (χ2v) is 7.12. The fourth-order valence-corrected chi connectivity index (χ4v) is 4.02. The van der Waals surface area contributed by atoms with Crippen LogP contribution < -0.4 is 10.6 Å². The van der Waals surface area contributed by atoms with Crippen molar-refractivity contribution in [3.8, 4) is 0 Å². The Bertz CT molecular complexity index is 641. The summed E-state index contributed by atoms with van der Waals surface area (Å²) in [6, 6.07) is 10.8. The lowest BCUT2D eigenvalue weighted by Gasteiger charge is -2.25. The maximum absolute atomic E-state index is 6.09. The fourth-order valence-electron chi connectivity index (χ4n) is 2.38. The monoisotopic (exact) mass is 349 g/mol. The number of nitrogens with zero attached hydrogens (tertiary/aromatic N) is 2. The summed E-state index contributed by atoms with van der Waals surface area (Å²) in [5.74, 6) is 0.598. The quantitative estimate of drug-likeness (QED) is 0.889. The van der Waals surface area contributed by atoms with Gasteiger partial charge in [-0.2, -0.15) is 0 Å². The van der Waals surface area contributed by atoms with Crippen molar-refractivity contribution in [2.75, 3.05) is 11.4 Å². The smallest absolute Gasteiger partial charge is 0.196 e. The Hall–Kier alpha value is -1.33. The number of hydrogen-bond donors (Lipinski definition) is 1. The molecule has 1 aromatic carbocycles. The Morgan fingerprint density at radius 1 is 1.30 bits per heavy atom. The van der Waals surface area contributed by atoms with Crippen molar-refractivity contribution in [1.82, 2.24) is 0 Å². The normalized spacial score (nSPS) is 18.4. The first kappa shape index (κ1) is 13.6. The van der Waals surface area contributed by atoms with Crippen LogP contribution in [0.2, 0.25) is 0 Å². The lowest BCUT2D eigenvalue weighted by atomic mass is 10.1. The van der Waals surface area contributed by atoms with Crippen LogP contribution in [0.15, 0.2) is 39.8 Å². The third-order valence-corrected chi connectivity index (χ3v) is 5.74. The summed E-state index contributed by atoms with van der Waals surface area (Å²) >= 11 is 5.39. The van der Waals surface area contributed by atoms with Gasteiger partial charge in [0.25, 0.3) is 0 Å². The van der Waals surface area contributed by atoms with E-state index in [1.807, 2.05) is 0 Å². The molecule has 0 bridgehead atoms. The highest BCUT2D eigenvalue weighted by Crippen LogP contribution is 2.37. The summed E-state index contributed by atoms with van der Waals surface area (Å²) in [4.78, 5) is 9.12. The summed E-state index contributed by atoms with van der Waals surface area (Å²) in [6.07, 6.45) is 0. The zero-order valence-corrected chi connectivity index (χ0v) is 13.8. The molecule has 2 aromatic rings. The second-order valence-electron chi connectivity index (χ2n) is 4.97. The Morgan fingerprint density at radius 3 is 2.60 bits per heavy atom. The molecule has 0 fully saturated rings. The van der Waals surface area contributed by atoms with Crippen LogP contribution in [0, 0.1) is 13.8 Å². The predicted molar refractivity (Wildman–Crippen MR) is 89.6 cm³/mol. The van der Waals surface area contributed by atoms with Gasteiger partial charge in [0.2, 0.25) is 0 Å². The van der Waals surface area contributed by atoms with Gasteiger partial charge in [-0.05, 0) is 48.0 Å². The summed E-state index contributed by atoms with van der Waals surface area (Å²) in [5, 5.41) is 0. The molecule has 104 valence electrons. The summed E-state index contributed by atoms with van der Waals surface area (Å²) in [5.41, 5.74) is 8.43. The van der Waals surface area contributed by atoms with Crippen molar-refractivity contribution in [2.45, 2.75) is 19.9 Å². The molecular weight excluding hydrogens is 334 g/mol. The van der Waals surface area contributed by atoms with Crippen LogP contribution in [0.3, 0.4) is 0 Å². The molecule has 0 aliphatic carbocycles. The predicted octanol–water partition coefficient (Wildman–Crippen LogP) is 4.00. The number of anilines is 1. The molecule has 2 heterocycles. The van der Waals surface area contributed by atoms with Crippen LogP contribution in [0.1, 0.15) is 21.4 Å². The third-order valence-electron chi connectivity index (χ3n) is 3.50. The zero-order valence-electron chi connectivity index (χ0n) is 11.4. The van der Waals surface area contributed by atoms with E-state index < -0.39 is 0 Å². The van der Waals surface area contributed by atoms with E-state index in [0.717, 1.165) is 10.2 Å². The maximum atomic E-state index is 6.09. The molecule has 3 nitrogen and oxygen atoms in total. The minimum Gasteiger partial charge on any atom is -0.369 e. The van der Waals surface area contributed by atoms with Gasteiger partial charge < -0.3 is 10.6 Å². The average molecular weight is 350 g/mol. The number of nitrogens with two attached hydrogens (primary N) is 1. The summed E-state index contributed by atoms with van der Waals surface area (Å²) in [6.45, 7) is 4.92. The largest absolute Gasteiger partial charge is 0.369 e. The SMILES string of the molecule is Cc1ccc(N2C(N)=NCC2c2cc(Br)c(C)s2)cc1. The molecule has 2 N–H and O–H groups in total. The van der Waals surface area contributed by atoms with Crippen LogP contribution >= 0.6 is 27.3 Å². The molecule has 0 saturated carbocycles. The minimum atomic E-state index is 0.202. The maximum Gasteiger partial charge on any atom is 0.196 e. The lowest BCUT2D eigenvalue weighted by molar-refractivity contribution is 0.784. The first-order valence-electron chi connectivity index (χ1n) is 6.48. The number of aryl methyl sites for hydroxylation is 2. The van der Waals surface area contributed by atoms with E-state index in [9.17, 15) is 0 Å². The molecule has 0 radical (unpaired) electrons. The van der Waals surface area contributed by atoms with Gasteiger partial charge in [-0.25, -0.2) is 0 Å². The molecule has 20 heavy (non-hydrogen) atoms. The summed E-state index contributed by atoms with van der Waals surface area (Å²) in [7, 11) is 0. The van der Waals surface area contributed by atoms with Crippen LogP contribution in [0.25, 0.3) is 0 Å². The molecule has 0 amide bonds. The topological polar surface area (TPSA) is 41.6 Å². The van der Waals surface area contributed by atoms with Gasteiger partial charge >= 0.3 is 0 Å². The standard InChI is InChI=1S/C15H16BrN3S/c1-9-3-5-11(6-4-9)19-13(8-18-15(19)17)14-7-12(16)10(2)20-14/h3-7,13H,8H2,1-2H3,(H2,17,18). The van der Waals surface area contributed by atoms with E-state index in [0.29, 0.717) is 12.5 Å². The second kappa shape index (κ2) is 5.22. The van der Waals surface area contributed by atoms with Gasteiger partial charge in [0, 0.05) is 19.9 Å². The fraction of sp³-hybridized carbons (Fsp3) is 0.267. The highest BCUT2D eigenvalue weighted by Gasteiger charge is 2.30. The molecule has 1 aromatic heterocycles. The highest BCUT2D eigenvalue weighted by atomic mass is 79.9. The van der Waals surface area contributed by atoms with Gasteiger partial charge in [-0.1, -0.05) is 17.7 Å². The minimum absolute atomic E-state index is 0.202. The molecule has 1 atom stereocenters. The lowest BCUT2D eigenvalue weighted by Crippen LogP contribution is -2.35. The van der Waals surface area contributed by atoms with Crippen molar-refractivity contribution in [3.63, 3.8) is 0 Å². The van der Waals surface area contributed by atoms with Crippen molar-refractivity contribution >= 4 is 38.9 Å². The number of benzene rings is 1. The Kier molecular flexibility index (Phi) is 3.56. The van der Waals surface area contributed by atoms with Crippen molar-refractivity contribution in [2.24, 2.45) is 10.7 Å². The van der Waals surface area contributed by atoms with Gasteiger partial charge in [-0.15, -0.1) is 11.3 Å². The van der Waals surface area contributed by atoms with E-state index in [2.05, 4.69) is 70.0 Å². The molecule has 1 aliphatic heterocycles. The average Bonchev–Trinajstić information content (AvgIpc) is 2.95. The zero-order chi connectivity index (χ0) is 14.3. The molecule has 3 rings (SSSR count). The highest BCUT2D eigenvalue weighted by molar-refractivity contribution is 9.10. The number of aliphatic imine (C=N–C) groups is 1. The van der Waals surface area contributed by atoms with Gasteiger partial charge in [0.05, 0.1) is 12.6 Å². The molecule has 0 spiro atoms. The Balaban J connectivity index is 1.98. The third kappa shape index (κ3) is 2.36. The molecule has 0 saturated heterocycles. The van der Waals surface area contributed by atoms with Crippen molar-refractivity contribution < 1.29 is 0 Å². The van der Waals surface area contributed by atoms with Crippen LogP contribution in [0.4, 0.5) is 5.69 Å². The van der Waals surface area contributed by atoms with Crippen LogP contribution in [-0.4, -0.2) is 12.5 Å². The number of guanidine groups is 1. The van der Waals surface area contributed by atoms with Crippen molar-refractivity contribution in [1.29, 1.82) is 0 Å². The van der Waals surface area contributed by atoms with Crippen LogP contribution in [0.5, 0.6) is 0 Å². The van der Waals surface area contributed by atoms with E-state index in [1.165, 1.54) is 15.3 Å². The Labute approximate surface area is 131 Å². The first-order valence-corrected chi connectivity index (χ1v) is 8.09. The first-order chi connectivity index (χ1) is 9.56. The molecular formula is C15H16BrN3S. The van der Waals surface area contributed by atoms with Gasteiger partial charge in [0.1, 0.15) is 0 Å². The van der Waals surface area contributed by atoms with E-state index in [4.69, 9.17) is 5.73 Å². The molecule has 1 aliphatic rings. The van der Waals surface area contributed by atoms with Gasteiger partial charge in [-0.3, -0.25) is 4.99 Å². The number of hydrogen-bond acceptors (Lipinski definition) is 4. The Morgan fingerprint density at radius 2 is 2.00 bits per heavy atom. The van der Waals surface area contributed by atoms with E-state index >= 15 is 0 Å². The van der Waals surface area contributed by atoms with Crippen molar-refractivity contribution in [3.05, 3.63) is 50.1 Å². The molecule has 1 unspecified atom stereocenters. The summed E-state index contributed by atoms with van der Waals surface area (Å²) < 4.78 is 1.16. The van der Waals surface area contributed by atoms with Crippen LogP contribution in [-0.2, 0) is 0 Å². The number of halogens is 1. The van der Waals surface area contributed by atoms with E-state index in [-0.39, 0.29) is 6.04 Å². The van der Waals surface area contributed by atoms with Gasteiger partial charge in [0.15, 0.2) is 5.96 Å². The molecule has 5 heteroatoms.